The van der Waals surface area contributed by atoms with Gasteiger partial charge in [0.25, 0.3) is 11.5 Å². The predicted molar refractivity (Wildman–Crippen MR) is 157 cm³/mol. The standard InChI is InChI=1S/C29H37N7O4/c1-19-23(17-32-28-25(19)30-11-16-40-28)34-22-9-10-31-26(37)24(22)27(38)33-20-5-7-21(8-6-20)36-14-12-35(13-15-36)18-29(2,3)39-4/h5-10,17,30H,11-16,18H2,1-4H3,(H,33,38)(H2,31,34,37). The Balaban J connectivity index is 1.25. The van der Waals surface area contributed by atoms with Crippen molar-refractivity contribution in [2.24, 2.45) is 0 Å². The van der Waals surface area contributed by atoms with Gasteiger partial charge < -0.3 is 35.3 Å². The van der Waals surface area contributed by atoms with E-state index < -0.39 is 11.5 Å². The number of rotatable bonds is 8. The van der Waals surface area contributed by atoms with Crippen LogP contribution >= 0.6 is 0 Å². The molecule has 0 bridgehead atoms. The lowest BCUT2D eigenvalue weighted by molar-refractivity contribution is -0.00854. The smallest absolute Gasteiger partial charge is 0.263 e. The van der Waals surface area contributed by atoms with E-state index in [0.717, 1.165) is 49.7 Å². The summed E-state index contributed by atoms with van der Waals surface area (Å²) in [5.41, 5.74) is 3.78. The number of fused-ring (bicyclic) bond motifs is 1. The molecule has 212 valence electrons. The number of aromatic nitrogens is 2. The van der Waals surface area contributed by atoms with Gasteiger partial charge in [0.2, 0.25) is 5.88 Å². The Kier molecular flexibility index (Phi) is 7.95. The van der Waals surface area contributed by atoms with Crippen molar-refractivity contribution in [3.05, 3.63) is 64.2 Å². The molecular weight excluding hydrogens is 510 g/mol. The number of hydrogen-bond acceptors (Lipinski definition) is 9. The minimum absolute atomic E-state index is 0.0111. The molecule has 3 aromatic rings. The van der Waals surface area contributed by atoms with Crippen molar-refractivity contribution in [2.75, 3.05) is 73.8 Å². The highest BCUT2D eigenvalue weighted by Gasteiger charge is 2.25. The van der Waals surface area contributed by atoms with Crippen LogP contribution in [-0.4, -0.2) is 79.4 Å². The van der Waals surface area contributed by atoms with E-state index in [0.29, 0.717) is 36.1 Å². The van der Waals surface area contributed by atoms with Crippen molar-refractivity contribution < 1.29 is 14.3 Å². The maximum atomic E-state index is 13.3. The van der Waals surface area contributed by atoms with Crippen molar-refractivity contribution in [3.63, 3.8) is 0 Å². The Morgan fingerprint density at radius 1 is 1.12 bits per heavy atom. The van der Waals surface area contributed by atoms with E-state index in [1.807, 2.05) is 31.2 Å². The minimum atomic E-state index is -0.503. The molecule has 4 N–H and O–H groups in total. The lowest BCUT2D eigenvalue weighted by atomic mass is 10.1. The highest BCUT2D eigenvalue weighted by atomic mass is 16.5. The average molecular weight is 548 g/mol. The van der Waals surface area contributed by atoms with Gasteiger partial charge in [-0.25, -0.2) is 4.98 Å². The lowest BCUT2D eigenvalue weighted by Crippen LogP contribution is -2.51. The van der Waals surface area contributed by atoms with Gasteiger partial charge in [-0.15, -0.1) is 0 Å². The van der Waals surface area contributed by atoms with E-state index in [2.05, 4.69) is 49.6 Å². The third-order valence-corrected chi connectivity index (χ3v) is 7.42. The van der Waals surface area contributed by atoms with Crippen LogP contribution in [0.25, 0.3) is 0 Å². The number of amides is 1. The summed E-state index contributed by atoms with van der Waals surface area (Å²) < 4.78 is 11.2. The molecule has 5 rings (SSSR count). The number of ether oxygens (including phenoxy) is 2. The fourth-order valence-electron chi connectivity index (χ4n) is 5.02. The second kappa shape index (κ2) is 11.6. The van der Waals surface area contributed by atoms with Crippen LogP contribution in [0.4, 0.5) is 28.4 Å². The first-order chi connectivity index (χ1) is 19.2. The van der Waals surface area contributed by atoms with Crippen LogP contribution in [0.2, 0.25) is 0 Å². The summed E-state index contributed by atoms with van der Waals surface area (Å²) in [5.74, 6) is 0.0371. The Labute approximate surface area is 233 Å². The van der Waals surface area contributed by atoms with Crippen LogP contribution in [0.3, 0.4) is 0 Å². The summed E-state index contributed by atoms with van der Waals surface area (Å²) in [6.45, 7) is 12.0. The number of carbonyl (C=O) groups excluding carboxylic acids is 1. The minimum Gasteiger partial charge on any atom is -0.474 e. The van der Waals surface area contributed by atoms with Gasteiger partial charge in [-0.2, -0.15) is 0 Å². The zero-order valence-electron chi connectivity index (χ0n) is 23.5. The van der Waals surface area contributed by atoms with Crippen molar-refractivity contribution in [2.45, 2.75) is 26.4 Å². The molecular formula is C29H37N7O4. The van der Waals surface area contributed by atoms with E-state index >= 15 is 0 Å². The number of H-pyrrole nitrogens is 1. The number of anilines is 5. The topological polar surface area (TPSA) is 124 Å². The Morgan fingerprint density at radius 2 is 1.88 bits per heavy atom. The van der Waals surface area contributed by atoms with Gasteiger partial charge in [-0.05, 0) is 51.1 Å². The average Bonchev–Trinajstić information content (AvgIpc) is 2.95. The van der Waals surface area contributed by atoms with Crippen LogP contribution in [0.5, 0.6) is 5.88 Å². The molecule has 0 aliphatic carbocycles. The first-order valence-corrected chi connectivity index (χ1v) is 13.5. The van der Waals surface area contributed by atoms with Crippen LogP contribution in [-0.2, 0) is 4.74 Å². The first-order valence-electron chi connectivity index (χ1n) is 13.5. The largest absolute Gasteiger partial charge is 0.474 e. The molecule has 2 aliphatic heterocycles. The number of pyridine rings is 2. The second-order valence-electron chi connectivity index (χ2n) is 10.7. The predicted octanol–water partition coefficient (Wildman–Crippen LogP) is 3.43. The van der Waals surface area contributed by atoms with E-state index in [4.69, 9.17) is 9.47 Å². The zero-order valence-corrected chi connectivity index (χ0v) is 23.5. The van der Waals surface area contributed by atoms with E-state index in [-0.39, 0.29) is 11.2 Å². The number of methoxy groups -OCH3 is 1. The third kappa shape index (κ3) is 6.05. The molecule has 1 aromatic carbocycles. The molecule has 11 heteroatoms. The highest BCUT2D eigenvalue weighted by molar-refractivity contribution is 6.08. The van der Waals surface area contributed by atoms with Crippen molar-refractivity contribution in [1.29, 1.82) is 0 Å². The molecule has 4 heterocycles. The molecule has 1 amide bonds. The van der Waals surface area contributed by atoms with E-state index in [1.165, 1.54) is 6.20 Å². The van der Waals surface area contributed by atoms with Crippen LogP contribution in [0.15, 0.2) is 47.5 Å². The van der Waals surface area contributed by atoms with E-state index in [9.17, 15) is 9.59 Å². The molecule has 0 atom stereocenters. The number of piperazine rings is 1. The van der Waals surface area contributed by atoms with Gasteiger partial charge in [0.1, 0.15) is 17.9 Å². The Bertz CT molecular complexity index is 1410. The van der Waals surface area contributed by atoms with Gasteiger partial charge >= 0.3 is 0 Å². The van der Waals surface area contributed by atoms with Crippen LogP contribution in [0, 0.1) is 6.92 Å². The molecule has 0 unspecified atom stereocenters. The summed E-state index contributed by atoms with van der Waals surface area (Å²) in [6, 6.07) is 9.38. The number of aromatic amines is 1. The molecule has 40 heavy (non-hydrogen) atoms. The van der Waals surface area contributed by atoms with Gasteiger partial charge in [-0.1, -0.05) is 0 Å². The van der Waals surface area contributed by atoms with Gasteiger partial charge in [0.05, 0.1) is 23.2 Å². The SMILES string of the molecule is COC(C)(C)CN1CCN(c2ccc(NC(=O)c3c(Nc4cnc5c(c4C)NCCO5)cc[nH]c3=O)cc2)CC1. The van der Waals surface area contributed by atoms with Gasteiger partial charge in [0.15, 0.2) is 0 Å². The molecule has 11 nitrogen and oxygen atoms in total. The van der Waals surface area contributed by atoms with E-state index in [1.54, 1.807) is 19.4 Å². The summed E-state index contributed by atoms with van der Waals surface area (Å²) in [7, 11) is 1.75. The monoisotopic (exact) mass is 547 g/mol. The molecule has 0 spiro atoms. The fraction of sp³-hybridized carbons (Fsp3) is 0.414. The van der Waals surface area contributed by atoms with Crippen molar-refractivity contribution in [1.82, 2.24) is 14.9 Å². The highest BCUT2D eigenvalue weighted by Crippen LogP contribution is 2.34. The fourth-order valence-corrected chi connectivity index (χ4v) is 5.02. The third-order valence-electron chi connectivity index (χ3n) is 7.42. The Hall–Kier alpha value is -4.09. The lowest BCUT2D eigenvalue weighted by Gasteiger charge is -2.39. The van der Waals surface area contributed by atoms with Crippen molar-refractivity contribution >= 4 is 34.3 Å². The normalized spacial score (nSPS) is 15.6. The summed E-state index contributed by atoms with van der Waals surface area (Å²) in [4.78, 5) is 37.8. The summed E-state index contributed by atoms with van der Waals surface area (Å²) in [6.07, 6.45) is 3.15. The summed E-state index contributed by atoms with van der Waals surface area (Å²) in [5, 5.41) is 9.38. The van der Waals surface area contributed by atoms with Crippen LogP contribution in [0.1, 0.15) is 29.8 Å². The number of benzene rings is 1. The maximum absolute atomic E-state index is 13.3. The summed E-state index contributed by atoms with van der Waals surface area (Å²) >= 11 is 0. The zero-order chi connectivity index (χ0) is 28.3. The van der Waals surface area contributed by atoms with Crippen LogP contribution < -0.4 is 31.1 Å². The first kappa shape index (κ1) is 27.5. The van der Waals surface area contributed by atoms with Gasteiger partial charge in [-0.3, -0.25) is 14.5 Å². The second-order valence-corrected chi connectivity index (χ2v) is 10.7. The van der Waals surface area contributed by atoms with Gasteiger partial charge in [0, 0.05) is 69.5 Å². The maximum Gasteiger partial charge on any atom is 0.263 e. The molecule has 0 radical (unpaired) electrons. The number of nitrogens with zero attached hydrogens (tertiary/aromatic N) is 3. The number of carbonyl (C=O) groups is 1. The van der Waals surface area contributed by atoms with Crippen molar-refractivity contribution in [3.8, 4) is 5.88 Å². The Morgan fingerprint density at radius 3 is 2.60 bits per heavy atom. The molecule has 2 aromatic heterocycles. The molecule has 1 fully saturated rings. The molecule has 2 aliphatic rings. The quantitative estimate of drug-likeness (QED) is 0.336. The molecule has 1 saturated heterocycles. The molecule has 0 saturated carbocycles. The number of nitrogens with one attached hydrogen (secondary N) is 4. The number of hydrogen-bond donors (Lipinski definition) is 4.